The van der Waals surface area contributed by atoms with Gasteiger partial charge in [-0.05, 0) is 12.5 Å². The predicted octanol–water partition coefficient (Wildman–Crippen LogP) is 3.14. The van der Waals surface area contributed by atoms with E-state index in [9.17, 15) is 10.1 Å². The quantitative estimate of drug-likeness (QED) is 0.287. The Morgan fingerprint density at radius 2 is 1.80 bits per heavy atom. The standard InChI is InChI=1S/C13H18Cl2N2O3/c14-6-9-16(10-7-15)8-3-11-20-13-5-2-1-4-12(13)17(18)19/h1-2,4-5H,3,6-11H2. The topological polar surface area (TPSA) is 55.6 Å². The normalized spacial score (nSPS) is 10.8. The molecule has 5 nitrogen and oxygen atoms in total. The maximum absolute atomic E-state index is 10.8. The second kappa shape index (κ2) is 9.80. The fourth-order valence-electron chi connectivity index (χ4n) is 1.77. The zero-order valence-corrected chi connectivity index (χ0v) is 12.6. The number of alkyl halides is 2. The molecular weight excluding hydrogens is 303 g/mol. The van der Waals surface area contributed by atoms with Gasteiger partial charge in [0.1, 0.15) is 0 Å². The van der Waals surface area contributed by atoms with Gasteiger partial charge in [0.25, 0.3) is 0 Å². The average molecular weight is 321 g/mol. The maximum Gasteiger partial charge on any atom is 0.310 e. The van der Waals surface area contributed by atoms with Gasteiger partial charge in [-0.3, -0.25) is 10.1 Å². The van der Waals surface area contributed by atoms with Crippen molar-refractivity contribution in [2.45, 2.75) is 6.42 Å². The first-order chi connectivity index (χ1) is 9.69. The number of nitro groups is 1. The highest BCUT2D eigenvalue weighted by Gasteiger charge is 2.13. The fraction of sp³-hybridized carbons (Fsp3) is 0.538. The molecule has 0 saturated heterocycles. The molecule has 0 atom stereocenters. The van der Waals surface area contributed by atoms with Gasteiger partial charge in [-0.25, -0.2) is 0 Å². The van der Waals surface area contributed by atoms with Crippen molar-refractivity contribution >= 4 is 28.9 Å². The number of hydrogen-bond donors (Lipinski definition) is 0. The molecule has 1 rings (SSSR count). The van der Waals surface area contributed by atoms with Crippen LogP contribution >= 0.6 is 23.2 Å². The van der Waals surface area contributed by atoms with E-state index < -0.39 is 4.92 Å². The summed E-state index contributed by atoms with van der Waals surface area (Å²) < 4.78 is 5.47. The van der Waals surface area contributed by atoms with Crippen LogP contribution in [0.3, 0.4) is 0 Å². The minimum Gasteiger partial charge on any atom is -0.487 e. The molecule has 0 aromatic heterocycles. The third-order valence-electron chi connectivity index (χ3n) is 2.74. The van der Waals surface area contributed by atoms with Crippen molar-refractivity contribution in [2.75, 3.05) is 38.0 Å². The first-order valence-corrected chi connectivity index (χ1v) is 7.46. The molecule has 0 radical (unpaired) electrons. The lowest BCUT2D eigenvalue weighted by molar-refractivity contribution is -0.385. The molecule has 1 aromatic carbocycles. The van der Waals surface area contributed by atoms with Crippen molar-refractivity contribution < 1.29 is 9.66 Å². The van der Waals surface area contributed by atoms with Gasteiger partial charge in [0, 0.05) is 37.5 Å². The number of para-hydroxylation sites is 2. The summed E-state index contributed by atoms with van der Waals surface area (Å²) >= 11 is 11.4. The molecule has 0 heterocycles. The second-order valence-electron chi connectivity index (χ2n) is 4.15. The summed E-state index contributed by atoms with van der Waals surface area (Å²) in [5.41, 5.74) is -0.00845. The van der Waals surface area contributed by atoms with Gasteiger partial charge in [-0.1, -0.05) is 12.1 Å². The van der Waals surface area contributed by atoms with Crippen LogP contribution in [0.15, 0.2) is 24.3 Å². The molecule has 20 heavy (non-hydrogen) atoms. The molecule has 0 aliphatic heterocycles. The number of halogens is 2. The lowest BCUT2D eigenvalue weighted by atomic mass is 10.3. The van der Waals surface area contributed by atoms with E-state index in [4.69, 9.17) is 27.9 Å². The zero-order valence-electron chi connectivity index (χ0n) is 11.1. The van der Waals surface area contributed by atoms with E-state index in [-0.39, 0.29) is 5.69 Å². The lowest BCUT2D eigenvalue weighted by Gasteiger charge is -2.19. The van der Waals surface area contributed by atoms with Gasteiger partial charge in [0.15, 0.2) is 5.75 Å². The van der Waals surface area contributed by atoms with Crippen LogP contribution in [0.25, 0.3) is 0 Å². The Morgan fingerprint density at radius 3 is 2.40 bits per heavy atom. The number of nitrogens with zero attached hydrogens (tertiary/aromatic N) is 2. The first-order valence-electron chi connectivity index (χ1n) is 6.39. The Hall–Kier alpha value is -1.04. The van der Waals surface area contributed by atoms with E-state index in [1.54, 1.807) is 18.2 Å². The molecule has 0 bridgehead atoms. The Kier molecular flexibility index (Phi) is 8.34. The highest BCUT2D eigenvalue weighted by molar-refractivity contribution is 6.18. The summed E-state index contributed by atoms with van der Waals surface area (Å²) in [6.45, 7) is 2.78. The molecule has 0 aliphatic carbocycles. The van der Waals surface area contributed by atoms with Crippen molar-refractivity contribution in [3.8, 4) is 5.75 Å². The van der Waals surface area contributed by atoms with Crippen molar-refractivity contribution in [3.63, 3.8) is 0 Å². The summed E-state index contributed by atoms with van der Waals surface area (Å²) in [5, 5.41) is 10.8. The Labute approximate surface area is 128 Å². The minimum atomic E-state index is -0.442. The predicted molar refractivity (Wildman–Crippen MR) is 81.1 cm³/mol. The van der Waals surface area contributed by atoms with Crippen molar-refractivity contribution in [1.29, 1.82) is 0 Å². The third kappa shape index (κ3) is 5.94. The highest BCUT2D eigenvalue weighted by atomic mass is 35.5. The van der Waals surface area contributed by atoms with Crippen LogP contribution in [-0.4, -0.2) is 47.8 Å². The van der Waals surface area contributed by atoms with Crippen LogP contribution in [-0.2, 0) is 0 Å². The smallest absolute Gasteiger partial charge is 0.310 e. The lowest BCUT2D eigenvalue weighted by Crippen LogP contribution is -2.29. The molecule has 0 amide bonds. The second-order valence-corrected chi connectivity index (χ2v) is 4.90. The van der Waals surface area contributed by atoms with Crippen molar-refractivity contribution in [1.82, 2.24) is 4.90 Å². The summed E-state index contributed by atoms with van der Waals surface area (Å²) in [6.07, 6.45) is 0.764. The van der Waals surface area contributed by atoms with E-state index in [2.05, 4.69) is 4.90 Å². The van der Waals surface area contributed by atoms with Gasteiger partial charge < -0.3 is 9.64 Å². The van der Waals surface area contributed by atoms with E-state index >= 15 is 0 Å². The fourth-order valence-corrected chi connectivity index (χ4v) is 2.25. The molecule has 0 saturated carbocycles. The Morgan fingerprint density at radius 1 is 1.15 bits per heavy atom. The molecule has 112 valence electrons. The SMILES string of the molecule is O=[N+]([O-])c1ccccc1OCCCN(CCCl)CCCl. The molecule has 1 aromatic rings. The monoisotopic (exact) mass is 320 g/mol. The molecule has 7 heteroatoms. The summed E-state index contributed by atoms with van der Waals surface area (Å²) in [5.74, 6) is 1.42. The third-order valence-corrected chi connectivity index (χ3v) is 3.08. The van der Waals surface area contributed by atoms with E-state index in [0.29, 0.717) is 24.1 Å². The van der Waals surface area contributed by atoms with Crippen LogP contribution in [0, 0.1) is 10.1 Å². The van der Waals surface area contributed by atoms with Gasteiger partial charge in [0.2, 0.25) is 0 Å². The Balaban J connectivity index is 2.38. The number of nitro benzene ring substituents is 1. The molecule has 0 unspecified atom stereocenters. The number of rotatable bonds is 10. The highest BCUT2D eigenvalue weighted by Crippen LogP contribution is 2.25. The van der Waals surface area contributed by atoms with Gasteiger partial charge in [-0.2, -0.15) is 0 Å². The number of hydrogen-bond acceptors (Lipinski definition) is 4. The van der Waals surface area contributed by atoms with Gasteiger partial charge >= 0.3 is 5.69 Å². The Bertz CT molecular complexity index is 412. The number of ether oxygens (including phenoxy) is 1. The maximum atomic E-state index is 10.8. The van der Waals surface area contributed by atoms with Crippen molar-refractivity contribution in [2.24, 2.45) is 0 Å². The molecule has 0 N–H and O–H groups in total. The molecule has 0 spiro atoms. The summed E-state index contributed by atoms with van der Waals surface area (Å²) in [4.78, 5) is 12.5. The van der Waals surface area contributed by atoms with E-state index in [1.165, 1.54) is 6.07 Å². The minimum absolute atomic E-state index is 0.00845. The average Bonchev–Trinajstić information content (AvgIpc) is 2.44. The summed E-state index contributed by atoms with van der Waals surface area (Å²) in [6, 6.07) is 6.37. The zero-order chi connectivity index (χ0) is 14.8. The van der Waals surface area contributed by atoms with E-state index in [1.807, 2.05) is 0 Å². The van der Waals surface area contributed by atoms with Gasteiger partial charge in [-0.15, -0.1) is 23.2 Å². The molecular formula is C13H18Cl2N2O3. The van der Waals surface area contributed by atoms with Crippen molar-refractivity contribution in [3.05, 3.63) is 34.4 Å². The van der Waals surface area contributed by atoms with E-state index in [0.717, 1.165) is 26.1 Å². The van der Waals surface area contributed by atoms with Gasteiger partial charge in [0.05, 0.1) is 11.5 Å². The van der Waals surface area contributed by atoms with Crippen LogP contribution in [0.1, 0.15) is 6.42 Å². The molecule has 0 aliphatic rings. The molecule has 0 fully saturated rings. The van der Waals surface area contributed by atoms with Crippen LogP contribution in [0.5, 0.6) is 5.75 Å². The van der Waals surface area contributed by atoms with Crippen LogP contribution < -0.4 is 4.74 Å². The number of benzene rings is 1. The van der Waals surface area contributed by atoms with Crippen LogP contribution in [0.4, 0.5) is 5.69 Å². The first kappa shape index (κ1) is 17.0. The summed E-state index contributed by atoms with van der Waals surface area (Å²) in [7, 11) is 0. The van der Waals surface area contributed by atoms with Crippen LogP contribution in [0.2, 0.25) is 0 Å². The largest absolute Gasteiger partial charge is 0.487 e.